The minimum atomic E-state index is 0.163. The average molecular weight is 252 g/mol. The summed E-state index contributed by atoms with van der Waals surface area (Å²) >= 11 is 0. The van der Waals surface area contributed by atoms with E-state index in [0.717, 1.165) is 29.0 Å². The second-order valence-electron chi connectivity index (χ2n) is 4.83. The van der Waals surface area contributed by atoms with Crippen LogP contribution in [0.1, 0.15) is 12.5 Å². The van der Waals surface area contributed by atoms with Crippen molar-refractivity contribution in [3.8, 4) is 11.5 Å². The van der Waals surface area contributed by atoms with Crippen LogP contribution in [-0.2, 0) is 6.42 Å². The predicted octanol–water partition coefficient (Wildman–Crippen LogP) is 2.51. The molecule has 0 radical (unpaired) electrons. The molecule has 2 aromatic heterocycles. The second-order valence-corrected chi connectivity index (χ2v) is 4.83. The minimum absolute atomic E-state index is 0.163. The zero-order valence-electron chi connectivity index (χ0n) is 10.8. The molecule has 0 aliphatic heterocycles. The van der Waals surface area contributed by atoms with Crippen molar-refractivity contribution in [3.63, 3.8) is 0 Å². The van der Waals surface area contributed by atoms with Crippen LogP contribution in [0.5, 0.6) is 0 Å². The van der Waals surface area contributed by atoms with Crippen molar-refractivity contribution in [1.82, 2.24) is 15.0 Å². The topological polar surface area (TPSA) is 67.6 Å². The monoisotopic (exact) mass is 252 g/mol. The number of benzene rings is 1. The van der Waals surface area contributed by atoms with E-state index >= 15 is 0 Å². The highest BCUT2D eigenvalue weighted by Crippen LogP contribution is 2.20. The van der Waals surface area contributed by atoms with Gasteiger partial charge in [-0.05, 0) is 43.2 Å². The van der Waals surface area contributed by atoms with E-state index < -0.39 is 0 Å². The largest absolute Gasteiger partial charge is 0.337 e. The number of rotatable bonds is 3. The van der Waals surface area contributed by atoms with Gasteiger partial charge in [-0.25, -0.2) is 4.98 Å². The van der Waals surface area contributed by atoms with E-state index in [1.807, 2.05) is 31.2 Å². The summed E-state index contributed by atoms with van der Waals surface area (Å²) in [7, 11) is 0. The number of pyridine rings is 1. The van der Waals surface area contributed by atoms with Crippen LogP contribution in [0.3, 0.4) is 0 Å². The molecule has 4 nitrogen and oxygen atoms in total. The van der Waals surface area contributed by atoms with E-state index in [-0.39, 0.29) is 6.04 Å². The van der Waals surface area contributed by atoms with Gasteiger partial charge in [0.05, 0.1) is 11.0 Å². The van der Waals surface area contributed by atoms with Crippen LogP contribution in [0.2, 0.25) is 0 Å². The zero-order valence-corrected chi connectivity index (χ0v) is 10.8. The summed E-state index contributed by atoms with van der Waals surface area (Å²) in [6.07, 6.45) is 2.64. The Bertz CT molecular complexity index is 686. The van der Waals surface area contributed by atoms with Crippen LogP contribution in [0.25, 0.3) is 22.6 Å². The third kappa shape index (κ3) is 2.48. The number of hydrogen-bond donors (Lipinski definition) is 2. The minimum Gasteiger partial charge on any atom is -0.337 e. The third-order valence-electron chi connectivity index (χ3n) is 3.01. The number of hydrogen-bond acceptors (Lipinski definition) is 3. The molecule has 0 saturated heterocycles. The van der Waals surface area contributed by atoms with Crippen molar-refractivity contribution < 1.29 is 0 Å². The molecule has 0 aliphatic rings. The van der Waals surface area contributed by atoms with E-state index in [2.05, 4.69) is 27.1 Å². The summed E-state index contributed by atoms with van der Waals surface area (Å²) < 4.78 is 0. The molecule has 1 aromatic carbocycles. The van der Waals surface area contributed by atoms with Crippen LogP contribution in [0.15, 0.2) is 42.6 Å². The Hall–Kier alpha value is -2.20. The Kier molecular flexibility index (Phi) is 3.01. The molecule has 0 fully saturated rings. The first-order chi connectivity index (χ1) is 9.22. The van der Waals surface area contributed by atoms with Gasteiger partial charge in [0.2, 0.25) is 0 Å². The summed E-state index contributed by atoms with van der Waals surface area (Å²) in [6.45, 7) is 2.01. The van der Waals surface area contributed by atoms with E-state index in [1.165, 1.54) is 5.56 Å². The van der Waals surface area contributed by atoms with Crippen LogP contribution >= 0.6 is 0 Å². The number of fused-ring (bicyclic) bond motifs is 1. The summed E-state index contributed by atoms with van der Waals surface area (Å²) in [5.41, 5.74) is 9.88. The van der Waals surface area contributed by atoms with Crippen molar-refractivity contribution in [2.45, 2.75) is 19.4 Å². The van der Waals surface area contributed by atoms with Crippen molar-refractivity contribution in [1.29, 1.82) is 0 Å². The summed E-state index contributed by atoms with van der Waals surface area (Å²) in [6, 6.07) is 12.2. The Morgan fingerprint density at radius 2 is 2.16 bits per heavy atom. The van der Waals surface area contributed by atoms with Gasteiger partial charge < -0.3 is 10.7 Å². The molecule has 2 heterocycles. The lowest BCUT2D eigenvalue weighted by Gasteiger charge is -2.04. The van der Waals surface area contributed by atoms with Crippen LogP contribution < -0.4 is 5.73 Å². The standard InChI is InChI=1S/C15H16N4/c1-10(16)8-11-5-6-12-14(9-11)19-15(18-12)13-4-2-3-7-17-13/h2-7,9-10H,8,16H2,1H3,(H,18,19). The van der Waals surface area contributed by atoms with Gasteiger partial charge in [0.15, 0.2) is 5.82 Å². The lowest BCUT2D eigenvalue weighted by Crippen LogP contribution is -2.17. The fourth-order valence-electron chi connectivity index (χ4n) is 2.18. The van der Waals surface area contributed by atoms with E-state index in [9.17, 15) is 0 Å². The number of nitrogens with one attached hydrogen (secondary N) is 1. The SMILES string of the molecule is CC(N)Cc1ccc2nc(-c3ccccn3)[nH]c2c1. The summed E-state index contributed by atoms with van der Waals surface area (Å²) in [5, 5.41) is 0. The fraction of sp³-hybridized carbons (Fsp3) is 0.200. The molecule has 19 heavy (non-hydrogen) atoms. The first-order valence-corrected chi connectivity index (χ1v) is 6.38. The number of nitrogens with zero attached hydrogens (tertiary/aromatic N) is 2. The van der Waals surface area contributed by atoms with Gasteiger partial charge in [-0.1, -0.05) is 12.1 Å². The molecular weight excluding hydrogens is 236 g/mol. The molecule has 3 rings (SSSR count). The van der Waals surface area contributed by atoms with Gasteiger partial charge in [0.1, 0.15) is 5.69 Å². The molecule has 4 heteroatoms. The third-order valence-corrected chi connectivity index (χ3v) is 3.01. The smallest absolute Gasteiger partial charge is 0.157 e. The van der Waals surface area contributed by atoms with Gasteiger partial charge >= 0.3 is 0 Å². The van der Waals surface area contributed by atoms with Gasteiger partial charge in [0, 0.05) is 12.2 Å². The maximum absolute atomic E-state index is 5.83. The number of aromatic amines is 1. The molecule has 0 spiro atoms. The van der Waals surface area contributed by atoms with Crippen LogP contribution in [0, 0.1) is 0 Å². The average Bonchev–Trinajstić information content (AvgIpc) is 2.82. The second kappa shape index (κ2) is 4.82. The Labute approximate surface area is 111 Å². The Morgan fingerprint density at radius 3 is 2.89 bits per heavy atom. The molecule has 1 atom stereocenters. The molecular formula is C15H16N4. The highest BCUT2D eigenvalue weighted by molar-refractivity contribution is 5.79. The maximum atomic E-state index is 5.83. The number of nitrogens with two attached hydrogens (primary N) is 1. The van der Waals surface area contributed by atoms with Crippen LogP contribution in [0.4, 0.5) is 0 Å². The van der Waals surface area contributed by atoms with Crippen LogP contribution in [-0.4, -0.2) is 21.0 Å². The van der Waals surface area contributed by atoms with Crippen molar-refractivity contribution >= 4 is 11.0 Å². The first kappa shape index (κ1) is 11.9. The van der Waals surface area contributed by atoms with Gasteiger partial charge in [-0.15, -0.1) is 0 Å². The molecule has 0 aliphatic carbocycles. The van der Waals surface area contributed by atoms with Gasteiger partial charge in [0.25, 0.3) is 0 Å². The first-order valence-electron chi connectivity index (χ1n) is 6.38. The lowest BCUT2D eigenvalue weighted by molar-refractivity contribution is 0.739. The van der Waals surface area contributed by atoms with E-state index in [4.69, 9.17) is 5.73 Å². The molecule has 3 N–H and O–H groups in total. The number of imidazole rings is 1. The number of H-pyrrole nitrogens is 1. The van der Waals surface area contributed by atoms with E-state index in [1.54, 1.807) is 6.20 Å². The lowest BCUT2D eigenvalue weighted by atomic mass is 10.1. The normalized spacial score (nSPS) is 12.7. The van der Waals surface area contributed by atoms with Crippen molar-refractivity contribution in [3.05, 3.63) is 48.2 Å². The zero-order chi connectivity index (χ0) is 13.2. The van der Waals surface area contributed by atoms with E-state index in [0.29, 0.717) is 0 Å². The Morgan fingerprint density at radius 1 is 1.26 bits per heavy atom. The molecule has 0 amide bonds. The quantitative estimate of drug-likeness (QED) is 0.752. The molecule has 0 saturated carbocycles. The summed E-state index contributed by atoms with van der Waals surface area (Å²) in [4.78, 5) is 12.2. The molecule has 3 aromatic rings. The van der Waals surface area contributed by atoms with Crippen molar-refractivity contribution in [2.75, 3.05) is 0 Å². The highest BCUT2D eigenvalue weighted by atomic mass is 14.9. The summed E-state index contributed by atoms with van der Waals surface area (Å²) in [5.74, 6) is 0.800. The predicted molar refractivity (Wildman–Crippen MR) is 76.7 cm³/mol. The highest BCUT2D eigenvalue weighted by Gasteiger charge is 2.07. The fourth-order valence-corrected chi connectivity index (χ4v) is 2.18. The molecule has 96 valence electrons. The molecule has 1 unspecified atom stereocenters. The number of aromatic nitrogens is 3. The van der Waals surface area contributed by atoms with Gasteiger partial charge in [-0.2, -0.15) is 0 Å². The molecule has 0 bridgehead atoms. The van der Waals surface area contributed by atoms with Gasteiger partial charge in [-0.3, -0.25) is 4.98 Å². The maximum Gasteiger partial charge on any atom is 0.157 e. The Balaban J connectivity index is 2.01. The van der Waals surface area contributed by atoms with Crippen molar-refractivity contribution in [2.24, 2.45) is 5.73 Å².